The number of thiophene rings is 1. The molecule has 0 saturated carbocycles. The summed E-state index contributed by atoms with van der Waals surface area (Å²) in [6, 6.07) is 6.63. The lowest BCUT2D eigenvalue weighted by Crippen LogP contribution is -2.41. The summed E-state index contributed by atoms with van der Waals surface area (Å²) in [5.74, 6) is -1.11. The lowest BCUT2D eigenvalue weighted by molar-refractivity contribution is 0.0847. The zero-order valence-corrected chi connectivity index (χ0v) is 17.8. The molecule has 2 heterocycles. The van der Waals surface area contributed by atoms with Crippen molar-refractivity contribution in [1.29, 1.82) is 0 Å². The molecule has 3 aromatic rings. The molecule has 7 nitrogen and oxygen atoms in total. The van der Waals surface area contributed by atoms with Crippen molar-refractivity contribution in [2.45, 2.75) is 20.8 Å². The van der Waals surface area contributed by atoms with E-state index >= 15 is 0 Å². The number of aryl methyl sites for hydroxylation is 3. The Labute approximate surface area is 180 Å². The molecule has 0 saturated heterocycles. The van der Waals surface area contributed by atoms with Crippen molar-refractivity contribution in [1.82, 2.24) is 10.9 Å². The molecule has 0 atom stereocenters. The van der Waals surface area contributed by atoms with Gasteiger partial charge < -0.3 is 9.73 Å². The summed E-state index contributed by atoms with van der Waals surface area (Å²) in [5.41, 5.74) is 5.70. The van der Waals surface area contributed by atoms with Gasteiger partial charge in [-0.3, -0.25) is 25.2 Å². The van der Waals surface area contributed by atoms with Gasteiger partial charge in [-0.25, -0.2) is 4.39 Å². The molecule has 1 aromatic carbocycles. The second-order valence-corrected chi connectivity index (χ2v) is 7.90. The largest absolute Gasteiger partial charge is 0.466 e. The van der Waals surface area contributed by atoms with Gasteiger partial charge in [-0.2, -0.15) is 0 Å². The number of carbonyl (C=O) groups is 3. The number of hydrazine groups is 1. The highest BCUT2D eigenvalue weighted by molar-refractivity contribution is 7.18. The second-order valence-electron chi connectivity index (χ2n) is 6.44. The Balaban J connectivity index is 1.66. The molecule has 30 heavy (non-hydrogen) atoms. The summed E-state index contributed by atoms with van der Waals surface area (Å²) in [6.07, 6.45) is 0. The highest BCUT2D eigenvalue weighted by Crippen LogP contribution is 2.28. The van der Waals surface area contributed by atoms with Crippen molar-refractivity contribution in [2.75, 3.05) is 5.32 Å². The number of halogens is 2. The van der Waals surface area contributed by atoms with Gasteiger partial charge in [0.2, 0.25) is 0 Å². The number of hydrogen-bond acceptors (Lipinski definition) is 5. The van der Waals surface area contributed by atoms with E-state index in [4.69, 9.17) is 16.0 Å². The number of benzene rings is 1. The zero-order valence-electron chi connectivity index (χ0n) is 16.2. The number of hydrogen-bond donors (Lipinski definition) is 3. The van der Waals surface area contributed by atoms with Crippen LogP contribution in [0.4, 0.5) is 9.39 Å². The topological polar surface area (TPSA) is 100 Å². The number of amides is 3. The number of rotatable bonds is 4. The highest BCUT2D eigenvalue weighted by atomic mass is 35.5. The Morgan fingerprint density at radius 3 is 2.30 bits per heavy atom. The van der Waals surface area contributed by atoms with E-state index < -0.39 is 23.5 Å². The van der Waals surface area contributed by atoms with Gasteiger partial charge in [-0.15, -0.1) is 11.3 Å². The van der Waals surface area contributed by atoms with Crippen molar-refractivity contribution >= 4 is 45.7 Å². The van der Waals surface area contributed by atoms with Crippen LogP contribution in [0.2, 0.25) is 5.02 Å². The fourth-order valence-corrected chi connectivity index (χ4v) is 3.93. The minimum Gasteiger partial charge on any atom is -0.466 e. The molecule has 10 heteroatoms. The summed E-state index contributed by atoms with van der Waals surface area (Å²) in [6.45, 7) is 5.05. The van der Waals surface area contributed by atoms with Gasteiger partial charge in [0.05, 0.1) is 26.0 Å². The third kappa shape index (κ3) is 4.69. The molecular weight excluding hydrogens is 433 g/mol. The van der Waals surface area contributed by atoms with Gasteiger partial charge in [0, 0.05) is 0 Å². The normalized spacial score (nSPS) is 10.6. The van der Waals surface area contributed by atoms with Crippen LogP contribution in [0.5, 0.6) is 0 Å². The molecule has 0 radical (unpaired) electrons. The van der Waals surface area contributed by atoms with Crippen LogP contribution >= 0.6 is 22.9 Å². The van der Waals surface area contributed by atoms with Crippen LogP contribution in [-0.2, 0) is 0 Å². The maximum atomic E-state index is 13.2. The number of carbonyl (C=O) groups excluding carboxylic acids is 3. The SMILES string of the molecule is Cc1cc(C(=O)NNC(=O)c2sc(NC(=O)c3ccc(F)cc3Cl)cc2C)c(C)o1. The quantitative estimate of drug-likeness (QED) is 0.514. The van der Waals surface area contributed by atoms with Gasteiger partial charge in [-0.1, -0.05) is 11.6 Å². The highest BCUT2D eigenvalue weighted by Gasteiger charge is 2.19. The van der Waals surface area contributed by atoms with E-state index in [1.54, 1.807) is 32.9 Å². The minimum absolute atomic E-state index is 0.0220. The molecule has 0 aliphatic rings. The fraction of sp³-hybridized carbons (Fsp3) is 0.150. The molecule has 3 rings (SSSR count). The average Bonchev–Trinajstić information content (AvgIpc) is 3.20. The maximum absolute atomic E-state index is 13.2. The van der Waals surface area contributed by atoms with Crippen molar-refractivity contribution in [3.8, 4) is 0 Å². The van der Waals surface area contributed by atoms with E-state index in [1.165, 1.54) is 6.07 Å². The number of anilines is 1. The molecule has 2 aromatic heterocycles. The van der Waals surface area contributed by atoms with Crippen LogP contribution in [0.15, 0.2) is 34.7 Å². The summed E-state index contributed by atoms with van der Waals surface area (Å²) in [7, 11) is 0. The van der Waals surface area contributed by atoms with Gasteiger partial charge in [0.1, 0.15) is 17.3 Å². The van der Waals surface area contributed by atoms with Gasteiger partial charge >= 0.3 is 0 Å². The Hall–Kier alpha value is -3.17. The monoisotopic (exact) mass is 449 g/mol. The molecule has 3 N–H and O–H groups in total. The molecule has 0 aliphatic carbocycles. The maximum Gasteiger partial charge on any atom is 0.280 e. The van der Waals surface area contributed by atoms with Crippen LogP contribution in [-0.4, -0.2) is 17.7 Å². The van der Waals surface area contributed by atoms with Crippen LogP contribution in [0.3, 0.4) is 0 Å². The van der Waals surface area contributed by atoms with Gasteiger partial charge in [0.15, 0.2) is 0 Å². The molecule has 0 aliphatic heterocycles. The predicted octanol–water partition coefficient (Wildman–Crippen LogP) is 4.39. The van der Waals surface area contributed by atoms with Crippen molar-refractivity contribution in [2.24, 2.45) is 0 Å². The van der Waals surface area contributed by atoms with Crippen molar-refractivity contribution in [3.63, 3.8) is 0 Å². The summed E-state index contributed by atoms with van der Waals surface area (Å²) >= 11 is 6.93. The van der Waals surface area contributed by atoms with E-state index in [0.717, 1.165) is 23.5 Å². The summed E-state index contributed by atoms with van der Waals surface area (Å²) < 4.78 is 18.4. The fourth-order valence-electron chi connectivity index (χ4n) is 2.72. The Morgan fingerprint density at radius 1 is 0.967 bits per heavy atom. The number of furan rings is 1. The first-order valence-corrected chi connectivity index (χ1v) is 9.89. The second kappa shape index (κ2) is 8.68. The smallest absolute Gasteiger partial charge is 0.280 e. The Kier molecular flexibility index (Phi) is 6.23. The van der Waals surface area contributed by atoms with Gasteiger partial charge in [-0.05, 0) is 56.7 Å². The summed E-state index contributed by atoms with van der Waals surface area (Å²) in [4.78, 5) is 37.3. The van der Waals surface area contributed by atoms with Crippen LogP contribution in [0, 0.1) is 26.6 Å². The lowest BCUT2D eigenvalue weighted by Gasteiger charge is -2.06. The van der Waals surface area contributed by atoms with E-state index in [2.05, 4.69) is 16.2 Å². The molecule has 0 unspecified atom stereocenters. The van der Waals surface area contributed by atoms with Crippen molar-refractivity contribution in [3.05, 3.63) is 74.3 Å². The first kappa shape index (κ1) is 21.5. The van der Waals surface area contributed by atoms with Crippen LogP contribution in [0.1, 0.15) is 47.5 Å². The van der Waals surface area contributed by atoms with Crippen LogP contribution in [0.25, 0.3) is 0 Å². The van der Waals surface area contributed by atoms with E-state index in [1.807, 2.05) is 0 Å². The first-order valence-electron chi connectivity index (χ1n) is 8.70. The zero-order chi connectivity index (χ0) is 22.0. The Bertz CT molecular complexity index is 1160. The minimum atomic E-state index is -0.551. The van der Waals surface area contributed by atoms with E-state index in [9.17, 15) is 18.8 Å². The molecule has 156 valence electrons. The van der Waals surface area contributed by atoms with E-state index in [-0.39, 0.29) is 10.6 Å². The third-order valence-corrected chi connectivity index (χ3v) is 5.58. The van der Waals surface area contributed by atoms with Crippen LogP contribution < -0.4 is 16.2 Å². The lowest BCUT2D eigenvalue weighted by atomic mass is 10.2. The molecule has 3 amide bonds. The molecule has 0 bridgehead atoms. The molecular formula is C20H17ClFN3O4S. The summed E-state index contributed by atoms with van der Waals surface area (Å²) in [5, 5.41) is 3.01. The molecule has 0 spiro atoms. The molecule has 0 fully saturated rings. The predicted molar refractivity (Wildman–Crippen MR) is 112 cm³/mol. The first-order chi connectivity index (χ1) is 14.2. The Morgan fingerprint density at radius 2 is 1.67 bits per heavy atom. The number of nitrogens with one attached hydrogen (secondary N) is 3. The average molecular weight is 450 g/mol. The van der Waals surface area contributed by atoms with Crippen molar-refractivity contribution < 1.29 is 23.2 Å². The standard InChI is InChI=1S/C20H17ClFN3O4S/c1-9-6-16(23-18(26)13-5-4-12(22)8-15(13)21)30-17(9)20(28)25-24-19(27)14-7-10(2)29-11(14)3/h4-8H,1-3H3,(H,23,26)(H,24,27)(H,25,28). The van der Waals surface area contributed by atoms with Gasteiger partial charge in [0.25, 0.3) is 17.7 Å². The third-order valence-electron chi connectivity index (χ3n) is 4.11. The van der Waals surface area contributed by atoms with E-state index in [0.29, 0.717) is 32.5 Å².